The van der Waals surface area contributed by atoms with E-state index in [0.717, 1.165) is 24.8 Å². The standard InChI is InChI=1S/C14H16N2O3/c1-3-4-5-12-15-13(19-16-12)10-6-8-11(9-7-10)14(17)18-2/h6-9H,3-5H2,1-2H3. The van der Waals surface area contributed by atoms with Gasteiger partial charge in [-0.3, -0.25) is 0 Å². The Morgan fingerprint density at radius 1 is 1.32 bits per heavy atom. The lowest BCUT2D eigenvalue weighted by Gasteiger charge is -1.99. The van der Waals surface area contributed by atoms with E-state index in [1.54, 1.807) is 24.3 Å². The van der Waals surface area contributed by atoms with Gasteiger partial charge in [0.15, 0.2) is 5.82 Å². The fourth-order valence-electron chi connectivity index (χ4n) is 1.67. The van der Waals surface area contributed by atoms with Crippen molar-refractivity contribution in [2.45, 2.75) is 26.2 Å². The van der Waals surface area contributed by atoms with Crippen LogP contribution < -0.4 is 0 Å². The minimum absolute atomic E-state index is 0.360. The Balaban J connectivity index is 2.13. The fourth-order valence-corrected chi connectivity index (χ4v) is 1.67. The molecule has 5 nitrogen and oxygen atoms in total. The number of benzene rings is 1. The molecule has 0 N–H and O–H groups in total. The molecule has 0 aliphatic heterocycles. The number of carbonyl (C=O) groups excluding carboxylic acids is 1. The molecule has 0 unspecified atom stereocenters. The number of unbranched alkanes of at least 4 members (excludes halogenated alkanes) is 1. The minimum Gasteiger partial charge on any atom is -0.465 e. The van der Waals surface area contributed by atoms with E-state index in [2.05, 4.69) is 21.8 Å². The van der Waals surface area contributed by atoms with Crippen LogP contribution in [0.2, 0.25) is 0 Å². The molecular formula is C14H16N2O3. The second-order valence-electron chi connectivity index (χ2n) is 4.19. The summed E-state index contributed by atoms with van der Waals surface area (Å²) in [7, 11) is 1.36. The number of hydrogen-bond donors (Lipinski definition) is 0. The predicted molar refractivity (Wildman–Crippen MR) is 69.7 cm³/mol. The Kier molecular flexibility index (Phi) is 4.28. The summed E-state index contributed by atoms with van der Waals surface area (Å²) >= 11 is 0. The van der Waals surface area contributed by atoms with E-state index < -0.39 is 0 Å². The average molecular weight is 260 g/mol. The largest absolute Gasteiger partial charge is 0.465 e. The van der Waals surface area contributed by atoms with Gasteiger partial charge in [0, 0.05) is 12.0 Å². The van der Waals surface area contributed by atoms with E-state index in [-0.39, 0.29) is 5.97 Å². The highest BCUT2D eigenvalue weighted by Crippen LogP contribution is 2.18. The number of hydrogen-bond acceptors (Lipinski definition) is 5. The molecule has 0 spiro atoms. The molecule has 0 radical (unpaired) electrons. The highest BCUT2D eigenvalue weighted by molar-refractivity contribution is 5.89. The molecule has 2 aromatic rings. The molecule has 0 aliphatic rings. The lowest BCUT2D eigenvalue weighted by Crippen LogP contribution is -2.00. The number of methoxy groups -OCH3 is 1. The summed E-state index contributed by atoms with van der Waals surface area (Å²) in [5.74, 6) is 0.831. The van der Waals surface area contributed by atoms with Gasteiger partial charge in [-0.25, -0.2) is 4.79 Å². The zero-order valence-electron chi connectivity index (χ0n) is 11.0. The molecule has 2 rings (SSSR count). The first-order valence-corrected chi connectivity index (χ1v) is 6.26. The number of esters is 1. The van der Waals surface area contributed by atoms with Gasteiger partial charge < -0.3 is 9.26 Å². The number of rotatable bonds is 5. The Labute approximate surface area is 111 Å². The van der Waals surface area contributed by atoms with Crippen LogP contribution in [0.3, 0.4) is 0 Å². The first-order valence-electron chi connectivity index (χ1n) is 6.26. The van der Waals surface area contributed by atoms with Crippen molar-refractivity contribution in [1.82, 2.24) is 10.1 Å². The molecule has 0 amide bonds. The van der Waals surface area contributed by atoms with Gasteiger partial charge in [-0.2, -0.15) is 4.98 Å². The molecule has 100 valence electrons. The molecule has 19 heavy (non-hydrogen) atoms. The van der Waals surface area contributed by atoms with Crippen LogP contribution in [0.15, 0.2) is 28.8 Å². The van der Waals surface area contributed by atoms with E-state index in [1.807, 2.05) is 0 Å². The zero-order valence-corrected chi connectivity index (χ0v) is 11.0. The SMILES string of the molecule is CCCCc1noc(-c2ccc(C(=O)OC)cc2)n1. The van der Waals surface area contributed by atoms with Crippen LogP contribution in [-0.4, -0.2) is 23.2 Å². The monoisotopic (exact) mass is 260 g/mol. The lowest BCUT2D eigenvalue weighted by atomic mass is 10.1. The molecule has 0 aliphatic carbocycles. The summed E-state index contributed by atoms with van der Waals surface area (Å²) in [4.78, 5) is 15.6. The van der Waals surface area contributed by atoms with Crippen LogP contribution in [0, 0.1) is 0 Å². The quantitative estimate of drug-likeness (QED) is 0.773. The second-order valence-corrected chi connectivity index (χ2v) is 4.19. The summed E-state index contributed by atoms with van der Waals surface area (Å²) in [6.07, 6.45) is 2.96. The van der Waals surface area contributed by atoms with Crippen molar-refractivity contribution in [3.8, 4) is 11.5 Å². The maximum absolute atomic E-state index is 11.3. The first-order chi connectivity index (χ1) is 9.24. The van der Waals surface area contributed by atoms with Crippen LogP contribution in [0.5, 0.6) is 0 Å². The highest BCUT2D eigenvalue weighted by Gasteiger charge is 2.10. The summed E-state index contributed by atoms with van der Waals surface area (Å²) in [5, 5.41) is 3.93. The molecule has 0 bridgehead atoms. The van der Waals surface area contributed by atoms with Crippen molar-refractivity contribution < 1.29 is 14.1 Å². The van der Waals surface area contributed by atoms with Crippen molar-refractivity contribution in [3.05, 3.63) is 35.7 Å². The van der Waals surface area contributed by atoms with E-state index in [1.165, 1.54) is 7.11 Å². The normalized spacial score (nSPS) is 10.4. The molecule has 1 heterocycles. The maximum Gasteiger partial charge on any atom is 0.337 e. The lowest BCUT2D eigenvalue weighted by molar-refractivity contribution is 0.0601. The number of aromatic nitrogens is 2. The third kappa shape index (κ3) is 3.19. The second kappa shape index (κ2) is 6.13. The Morgan fingerprint density at radius 2 is 2.05 bits per heavy atom. The summed E-state index contributed by atoms with van der Waals surface area (Å²) in [6.45, 7) is 2.12. The van der Waals surface area contributed by atoms with Gasteiger partial charge in [0.05, 0.1) is 12.7 Å². The first kappa shape index (κ1) is 13.3. The third-order valence-corrected chi connectivity index (χ3v) is 2.77. The topological polar surface area (TPSA) is 65.2 Å². The van der Waals surface area contributed by atoms with Crippen molar-refractivity contribution in [3.63, 3.8) is 0 Å². The highest BCUT2D eigenvalue weighted by atomic mass is 16.5. The van der Waals surface area contributed by atoms with Crippen molar-refractivity contribution in [2.75, 3.05) is 7.11 Å². The van der Waals surface area contributed by atoms with Gasteiger partial charge in [-0.15, -0.1) is 0 Å². The van der Waals surface area contributed by atoms with Crippen LogP contribution in [0.25, 0.3) is 11.5 Å². The van der Waals surface area contributed by atoms with Crippen LogP contribution in [0.1, 0.15) is 35.9 Å². The van der Waals surface area contributed by atoms with Gasteiger partial charge in [0.25, 0.3) is 5.89 Å². The number of carbonyl (C=O) groups is 1. The van der Waals surface area contributed by atoms with Crippen LogP contribution >= 0.6 is 0 Å². The molecule has 1 aromatic heterocycles. The number of nitrogens with zero attached hydrogens (tertiary/aromatic N) is 2. The Hall–Kier alpha value is -2.17. The zero-order chi connectivity index (χ0) is 13.7. The van der Waals surface area contributed by atoms with Crippen molar-refractivity contribution in [2.24, 2.45) is 0 Å². The number of aryl methyl sites for hydroxylation is 1. The molecule has 5 heteroatoms. The molecular weight excluding hydrogens is 244 g/mol. The smallest absolute Gasteiger partial charge is 0.337 e. The van der Waals surface area contributed by atoms with E-state index in [9.17, 15) is 4.79 Å². The van der Waals surface area contributed by atoms with Crippen LogP contribution in [-0.2, 0) is 11.2 Å². The molecule has 0 saturated carbocycles. The van der Waals surface area contributed by atoms with E-state index in [4.69, 9.17) is 4.52 Å². The molecule has 0 saturated heterocycles. The number of ether oxygens (including phenoxy) is 1. The van der Waals surface area contributed by atoms with Gasteiger partial charge in [0.1, 0.15) is 0 Å². The minimum atomic E-state index is -0.360. The molecule has 0 atom stereocenters. The Bertz CT molecular complexity index is 546. The summed E-state index contributed by atoms with van der Waals surface area (Å²) < 4.78 is 9.84. The third-order valence-electron chi connectivity index (χ3n) is 2.77. The van der Waals surface area contributed by atoms with Gasteiger partial charge in [0.2, 0.25) is 0 Å². The van der Waals surface area contributed by atoms with E-state index >= 15 is 0 Å². The van der Waals surface area contributed by atoms with Crippen LogP contribution in [0.4, 0.5) is 0 Å². The summed E-state index contributed by atoms with van der Waals surface area (Å²) in [5.41, 5.74) is 1.29. The predicted octanol–water partition coefficient (Wildman–Crippen LogP) is 2.87. The summed E-state index contributed by atoms with van der Waals surface area (Å²) in [6, 6.07) is 6.89. The maximum atomic E-state index is 11.3. The molecule has 1 aromatic carbocycles. The average Bonchev–Trinajstić information content (AvgIpc) is 2.93. The van der Waals surface area contributed by atoms with Crippen molar-refractivity contribution >= 4 is 5.97 Å². The Morgan fingerprint density at radius 3 is 2.68 bits per heavy atom. The van der Waals surface area contributed by atoms with E-state index in [0.29, 0.717) is 17.3 Å². The van der Waals surface area contributed by atoms with Crippen molar-refractivity contribution in [1.29, 1.82) is 0 Å². The van der Waals surface area contributed by atoms with Gasteiger partial charge in [-0.1, -0.05) is 18.5 Å². The van der Waals surface area contributed by atoms with Gasteiger partial charge in [-0.05, 0) is 30.7 Å². The fraction of sp³-hybridized carbons (Fsp3) is 0.357. The molecule has 0 fully saturated rings. The van der Waals surface area contributed by atoms with Gasteiger partial charge >= 0.3 is 5.97 Å².